The highest BCUT2D eigenvalue weighted by Gasteiger charge is 2.40. The van der Waals surface area contributed by atoms with Crippen molar-refractivity contribution in [1.82, 2.24) is 10.3 Å². The van der Waals surface area contributed by atoms with E-state index in [1.807, 2.05) is 13.8 Å². The molecule has 19 heavy (non-hydrogen) atoms. The standard InChI is InChI=1S/C13H16N4O2/c1-8(2)15-12(18)11-9(3)16-17(13(11)19)10-6-4-5-7-14-10/h4-8,11H,1-3H3,(H,15,18). The quantitative estimate of drug-likeness (QED) is 0.822. The van der Waals surface area contributed by atoms with E-state index in [4.69, 9.17) is 0 Å². The predicted molar refractivity (Wildman–Crippen MR) is 71.6 cm³/mol. The minimum Gasteiger partial charge on any atom is -0.353 e. The Morgan fingerprint density at radius 3 is 2.74 bits per heavy atom. The molecule has 6 nitrogen and oxygen atoms in total. The number of carbonyl (C=O) groups excluding carboxylic acids is 2. The van der Waals surface area contributed by atoms with E-state index in [-0.39, 0.29) is 17.9 Å². The lowest BCUT2D eigenvalue weighted by Crippen LogP contribution is -2.42. The Balaban J connectivity index is 2.22. The monoisotopic (exact) mass is 260 g/mol. The van der Waals surface area contributed by atoms with E-state index in [2.05, 4.69) is 15.4 Å². The molecule has 0 saturated heterocycles. The van der Waals surface area contributed by atoms with Crippen LogP contribution < -0.4 is 10.3 Å². The van der Waals surface area contributed by atoms with Gasteiger partial charge in [0.2, 0.25) is 5.91 Å². The Morgan fingerprint density at radius 1 is 1.42 bits per heavy atom. The van der Waals surface area contributed by atoms with E-state index in [1.165, 1.54) is 5.01 Å². The molecule has 1 aromatic heterocycles. The van der Waals surface area contributed by atoms with E-state index < -0.39 is 5.92 Å². The molecule has 100 valence electrons. The summed E-state index contributed by atoms with van der Waals surface area (Å²) in [6.07, 6.45) is 1.58. The molecule has 1 unspecified atom stereocenters. The Labute approximate surface area is 111 Å². The van der Waals surface area contributed by atoms with Crippen molar-refractivity contribution in [3.05, 3.63) is 24.4 Å². The van der Waals surface area contributed by atoms with Gasteiger partial charge in [-0.25, -0.2) is 4.98 Å². The summed E-state index contributed by atoms with van der Waals surface area (Å²) in [7, 11) is 0. The number of rotatable bonds is 3. The van der Waals surface area contributed by atoms with Crippen molar-refractivity contribution in [2.45, 2.75) is 26.8 Å². The van der Waals surface area contributed by atoms with E-state index in [0.29, 0.717) is 11.5 Å². The Hall–Kier alpha value is -2.24. The summed E-state index contributed by atoms with van der Waals surface area (Å²) in [4.78, 5) is 28.3. The van der Waals surface area contributed by atoms with Crippen molar-refractivity contribution in [3.63, 3.8) is 0 Å². The van der Waals surface area contributed by atoms with Crippen LogP contribution in [0.2, 0.25) is 0 Å². The molecule has 1 aromatic rings. The van der Waals surface area contributed by atoms with E-state index in [1.54, 1.807) is 31.3 Å². The van der Waals surface area contributed by atoms with Crippen LogP contribution in [0.15, 0.2) is 29.5 Å². The predicted octanol–water partition coefficient (Wildman–Crippen LogP) is 0.945. The molecule has 2 heterocycles. The number of carbonyl (C=O) groups is 2. The minimum absolute atomic E-state index is 0.0167. The summed E-state index contributed by atoms with van der Waals surface area (Å²) in [6, 6.07) is 5.18. The first-order chi connectivity index (χ1) is 9.00. The third kappa shape index (κ3) is 2.62. The van der Waals surface area contributed by atoms with Crippen molar-refractivity contribution in [1.29, 1.82) is 0 Å². The average molecular weight is 260 g/mol. The molecule has 2 rings (SSSR count). The number of nitrogens with zero attached hydrogens (tertiary/aromatic N) is 3. The van der Waals surface area contributed by atoms with Crippen LogP contribution >= 0.6 is 0 Å². The van der Waals surface area contributed by atoms with E-state index >= 15 is 0 Å². The van der Waals surface area contributed by atoms with Gasteiger partial charge in [0, 0.05) is 12.2 Å². The SMILES string of the molecule is CC1=NN(c2ccccn2)C(=O)C1C(=O)NC(C)C. The molecule has 0 radical (unpaired) electrons. The summed E-state index contributed by atoms with van der Waals surface area (Å²) in [6.45, 7) is 5.37. The maximum Gasteiger partial charge on any atom is 0.267 e. The normalized spacial score (nSPS) is 18.7. The molecular weight excluding hydrogens is 244 g/mol. The van der Waals surface area contributed by atoms with Gasteiger partial charge in [-0.1, -0.05) is 6.07 Å². The van der Waals surface area contributed by atoms with Gasteiger partial charge < -0.3 is 5.32 Å². The van der Waals surface area contributed by atoms with E-state index in [9.17, 15) is 9.59 Å². The van der Waals surface area contributed by atoms with Crippen LogP contribution in [-0.2, 0) is 9.59 Å². The van der Waals surface area contributed by atoms with Gasteiger partial charge in [-0.2, -0.15) is 10.1 Å². The van der Waals surface area contributed by atoms with Crippen LogP contribution in [0.25, 0.3) is 0 Å². The molecule has 0 fully saturated rings. The van der Waals surface area contributed by atoms with Gasteiger partial charge in [0.15, 0.2) is 11.7 Å². The van der Waals surface area contributed by atoms with Crippen molar-refractivity contribution in [2.75, 3.05) is 5.01 Å². The second-order valence-electron chi connectivity index (χ2n) is 4.68. The third-order valence-corrected chi connectivity index (χ3v) is 2.69. The molecule has 0 saturated carbocycles. The fourth-order valence-electron chi connectivity index (χ4n) is 1.88. The van der Waals surface area contributed by atoms with Gasteiger partial charge in [-0.3, -0.25) is 9.59 Å². The molecule has 0 spiro atoms. The zero-order chi connectivity index (χ0) is 14.0. The van der Waals surface area contributed by atoms with Gasteiger partial charge in [0.05, 0.1) is 5.71 Å². The number of hydrazone groups is 1. The van der Waals surface area contributed by atoms with Gasteiger partial charge in [0.1, 0.15) is 0 Å². The number of hydrogen-bond donors (Lipinski definition) is 1. The Kier molecular flexibility index (Phi) is 3.59. The highest BCUT2D eigenvalue weighted by Crippen LogP contribution is 2.21. The smallest absolute Gasteiger partial charge is 0.267 e. The summed E-state index contributed by atoms with van der Waals surface area (Å²) in [5.74, 6) is -1.12. The number of aromatic nitrogens is 1. The van der Waals surface area contributed by atoms with Gasteiger partial charge >= 0.3 is 0 Å². The molecule has 6 heteroatoms. The summed E-state index contributed by atoms with van der Waals surface area (Å²) in [5.41, 5.74) is 0.480. The van der Waals surface area contributed by atoms with Crippen LogP contribution in [0.4, 0.5) is 5.82 Å². The zero-order valence-electron chi connectivity index (χ0n) is 11.1. The number of nitrogens with one attached hydrogen (secondary N) is 1. The first-order valence-corrected chi connectivity index (χ1v) is 6.11. The molecule has 1 N–H and O–H groups in total. The van der Waals surface area contributed by atoms with Crippen LogP contribution in [0.5, 0.6) is 0 Å². The van der Waals surface area contributed by atoms with Gasteiger partial charge in [-0.15, -0.1) is 0 Å². The average Bonchev–Trinajstić information content (AvgIpc) is 2.65. The van der Waals surface area contributed by atoms with Crippen LogP contribution in [0.3, 0.4) is 0 Å². The van der Waals surface area contributed by atoms with Crippen LogP contribution in [-0.4, -0.2) is 28.6 Å². The van der Waals surface area contributed by atoms with Crippen molar-refractivity contribution < 1.29 is 9.59 Å². The largest absolute Gasteiger partial charge is 0.353 e. The molecule has 1 aliphatic rings. The van der Waals surface area contributed by atoms with Gasteiger partial charge in [0.25, 0.3) is 5.91 Å². The lowest BCUT2D eigenvalue weighted by atomic mass is 10.0. The Bertz CT molecular complexity index is 525. The van der Waals surface area contributed by atoms with Crippen LogP contribution in [0.1, 0.15) is 20.8 Å². The lowest BCUT2D eigenvalue weighted by molar-refractivity contribution is -0.130. The molecule has 2 amide bonds. The molecule has 1 atom stereocenters. The fraction of sp³-hybridized carbons (Fsp3) is 0.385. The van der Waals surface area contributed by atoms with E-state index in [0.717, 1.165) is 0 Å². The molecular formula is C13H16N4O2. The topological polar surface area (TPSA) is 74.7 Å². The van der Waals surface area contributed by atoms with Crippen LogP contribution in [0, 0.1) is 5.92 Å². The second-order valence-corrected chi connectivity index (χ2v) is 4.68. The fourth-order valence-corrected chi connectivity index (χ4v) is 1.88. The van der Waals surface area contributed by atoms with Crippen molar-refractivity contribution in [3.8, 4) is 0 Å². The molecule has 0 aromatic carbocycles. The highest BCUT2D eigenvalue weighted by atomic mass is 16.2. The second kappa shape index (κ2) is 5.17. The first kappa shape index (κ1) is 13.2. The lowest BCUT2D eigenvalue weighted by Gasteiger charge is -2.14. The highest BCUT2D eigenvalue weighted by molar-refractivity contribution is 6.26. The number of hydrogen-bond acceptors (Lipinski definition) is 4. The van der Waals surface area contributed by atoms with Crippen molar-refractivity contribution in [2.24, 2.45) is 11.0 Å². The summed E-state index contributed by atoms with van der Waals surface area (Å²) < 4.78 is 0. The summed E-state index contributed by atoms with van der Waals surface area (Å²) in [5, 5.41) is 8.04. The number of amides is 2. The minimum atomic E-state index is -0.857. The Morgan fingerprint density at radius 2 is 2.16 bits per heavy atom. The maximum absolute atomic E-state index is 12.2. The maximum atomic E-state index is 12.2. The number of anilines is 1. The number of pyridine rings is 1. The van der Waals surface area contributed by atoms with Crippen molar-refractivity contribution >= 4 is 23.3 Å². The molecule has 1 aliphatic heterocycles. The van der Waals surface area contributed by atoms with Gasteiger partial charge in [-0.05, 0) is 32.9 Å². The third-order valence-electron chi connectivity index (χ3n) is 2.69. The molecule has 0 bridgehead atoms. The molecule has 0 aliphatic carbocycles. The zero-order valence-corrected chi connectivity index (χ0v) is 11.1. The summed E-state index contributed by atoms with van der Waals surface area (Å²) >= 11 is 0. The first-order valence-electron chi connectivity index (χ1n) is 6.11.